The number of benzene rings is 1. The molecule has 0 unspecified atom stereocenters. The number of fused-ring (bicyclic) bond motifs is 1. The highest BCUT2D eigenvalue weighted by Crippen LogP contribution is 2.31. The van der Waals surface area contributed by atoms with Gasteiger partial charge in [0.05, 0.1) is 11.7 Å². The Balaban J connectivity index is 2.24. The summed E-state index contributed by atoms with van der Waals surface area (Å²) in [6.45, 7) is 0. The standard InChI is InChI=1S/C15H14O6/c16-7-4-11(18)13-12(5-7)21-6-9(15(13)20)8-2-1-3-10(17)14(8)19/h2,4-6,10,14,16-19H,1,3H2/t10-,14-/m0/s1. The fourth-order valence-corrected chi connectivity index (χ4v) is 2.58. The molecule has 0 spiro atoms. The van der Waals surface area contributed by atoms with Crippen molar-refractivity contribution in [3.8, 4) is 11.5 Å². The van der Waals surface area contributed by atoms with Crippen LogP contribution in [-0.4, -0.2) is 32.6 Å². The first-order valence-corrected chi connectivity index (χ1v) is 6.53. The fraction of sp³-hybridized carbons (Fsp3) is 0.267. The van der Waals surface area contributed by atoms with Gasteiger partial charge in [-0.25, -0.2) is 0 Å². The molecule has 1 aliphatic rings. The van der Waals surface area contributed by atoms with Crippen LogP contribution < -0.4 is 5.43 Å². The third-order valence-electron chi connectivity index (χ3n) is 3.66. The van der Waals surface area contributed by atoms with Crippen molar-refractivity contribution in [3.05, 3.63) is 40.3 Å². The summed E-state index contributed by atoms with van der Waals surface area (Å²) in [7, 11) is 0. The van der Waals surface area contributed by atoms with Crippen LogP contribution in [0.5, 0.6) is 11.5 Å². The zero-order valence-electron chi connectivity index (χ0n) is 11.0. The second-order valence-electron chi connectivity index (χ2n) is 5.07. The van der Waals surface area contributed by atoms with Crippen molar-refractivity contribution < 1.29 is 24.8 Å². The Bertz CT molecular complexity index is 789. The molecule has 3 rings (SSSR count). The van der Waals surface area contributed by atoms with Gasteiger partial charge in [-0.2, -0.15) is 0 Å². The third-order valence-corrected chi connectivity index (χ3v) is 3.66. The highest BCUT2D eigenvalue weighted by molar-refractivity contribution is 5.87. The smallest absolute Gasteiger partial charge is 0.204 e. The van der Waals surface area contributed by atoms with E-state index in [0.717, 1.165) is 12.3 Å². The maximum absolute atomic E-state index is 12.5. The molecule has 0 amide bonds. The third kappa shape index (κ3) is 2.18. The Morgan fingerprint density at radius 1 is 1.19 bits per heavy atom. The fourth-order valence-electron chi connectivity index (χ4n) is 2.58. The number of aliphatic hydroxyl groups is 2. The molecule has 0 saturated carbocycles. The predicted octanol–water partition coefficient (Wildman–Crippen LogP) is 1.10. The van der Waals surface area contributed by atoms with Gasteiger partial charge in [0.15, 0.2) is 0 Å². The van der Waals surface area contributed by atoms with E-state index in [2.05, 4.69) is 0 Å². The van der Waals surface area contributed by atoms with E-state index in [4.69, 9.17) is 4.42 Å². The highest BCUT2D eigenvalue weighted by atomic mass is 16.3. The van der Waals surface area contributed by atoms with Gasteiger partial charge in [0.25, 0.3) is 0 Å². The zero-order valence-corrected chi connectivity index (χ0v) is 11.0. The predicted molar refractivity (Wildman–Crippen MR) is 75.0 cm³/mol. The van der Waals surface area contributed by atoms with Gasteiger partial charge in [0.1, 0.15) is 34.8 Å². The molecule has 1 aromatic carbocycles. The second-order valence-corrected chi connectivity index (χ2v) is 5.07. The van der Waals surface area contributed by atoms with Gasteiger partial charge in [-0.3, -0.25) is 4.79 Å². The van der Waals surface area contributed by atoms with E-state index in [1.54, 1.807) is 6.08 Å². The van der Waals surface area contributed by atoms with E-state index in [-0.39, 0.29) is 27.9 Å². The van der Waals surface area contributed by atoms with E-state index in [9.17, 15) is 25.2 Å². The number of phenolic OH excluding ortho intramolecular Hbond substituents is 2. The van der Waals surface area contributed by atoms with Crippen molar-refractivity contribution in [1.82, 2.24) is 0 Å². The lowest BCUT2D eigenvalue weighted by molar-refractivity contribution is 0.0452. The maximum atomic E-state index is 12.5. The Morgan fingerprint density at radius 2 is 1.95 bits per heavy atom. The summed E-state index contributed by atoms with van der Waals surface area (Å²) in [5.41, 5.74) is -0.0903. The van der Waals surface area contributed by atoms with Gasteiger partial charge in [-0.15, -0.1) is 0 Å². The molecule has 2 aromatic rings. The molecule has 4 N–H and O–H groups in total. The molecule has 6 heteroatoms. The minimum Gasteiger partial charge on any atom is -0.508 e. The molecule has 21 heavy (non-hydrogen) atoms. The number of aromatic hydroxyl groups is 2. The largest absolute Gasteiger partial charge is 0.508 e. The molecule has 1 aliphatic carbocycles. The van der Waals surface area contributed by atoms with Gasteiger partial charge in [-0.05, 0) is 18.4 Å². The minimum absolute atomic E-state index is 0.0488. The Kier molecular flexibility index (Phi) is 3.19. The van der Waals surface area contributed by atoms with Crippen LogP contribution in [0.3, 0.4) is 0 Å². The Morgan fingerprint density at radius 3 is 2.71 bits per heavy atom. The maximum Gasteiger partial charge on any atom is 0.204 e. The molecule has 6 nitrogen and oxygen atoms in total. The average molecular weight is 290 g/mol. The minimum atomic E-state index is -1.17. The summed E-state index contributed by atoms with van der Waals surface area (Å²) in [5.74, 6) is -0.615. The second kappa shape index (κ2) is 4.91. The van der Waals surface area contributed by atoms with Crippen LogP contribution in [0.4, 0.5) is 0 Å². The Hall–Kier alpha value is -2.31. The summed E-state index contributed by atoms with van der Waals surface area (Å²) in [6, 6.07) is 2.27. The molecule has 0 radical (unpaired) electrons. The quantitative estimate of drug-likeness (QED) is 0.626. The van der Waals surface area contributed by atoms with E-state index in [0.29, 0.717) is 12.8 Å². The van der Waals surface area contributed by atoms with Gasteiger partial charge < -0.3 is 24.8 Å². The van der Waals surface area contributed by atoms with E-state index >= 15 is 0 Å². The molecule has 0 bridgehead atoms. The first-order valence-electron chi connectivity index (χ1n) is 6.53. The molecule has 0 fully saturated rings. The van der Waals surface area contributed by atoms with Crippen molar-refractivity contribution in [1.29, 1.82) is 0 Å². The first kappa shape index (κ1) is 13.7. The number of rotatable bonds is 1. The van der Waals surface area contributed by atoms with Gasteiger partial charge in [0.2, 0.25) is 5.43 Å². The number of allylic oxidation sites excluding steroid dienone is 1. The summed E-state index contributed by atoms with van der Waals surface area (Å²) >= 11 is 0. The van der Waals surface area contributed by atoms with Crippen LogP contribution in [0.25, 0.3) is 16.5 Å². The molecular formula is C15H14O6. The van der Waals surface area contributed by atoms with Crippen molar-refractivity contribution in [2.24, 2.45) is 0 Å². The van der Waals surface area contributed by atoms with Gasteiger partial charge in [0, 0.05) is 12.1 Å². The van der Waals surface area contributed by atoms with Crippen LogP contribution in [0.15, 0.2) is 33.7 Å². The summed E-state index contributed by atoms with van der Waals surface area (Å²) in [5, 5.41) is 38.8. The van der Waals surface area contributed by atoms with E-state index < -0.39 is 23.4 Å². The van der Waals surface area contributed by atoms with Crippen molar-refractivity contribution in [2.45, 2.75) is 25.0 Å². The van der Waals surface area contributed by atoms with Crippen LogP contribution in [-0.2, 0) is 0 Å². The molecular weight excluding hydrogens is 276 g/mol. The number of aliphatic hydroxyl groups excluding tert-OH is 2. The van der Waals surface area contributed by atoms with Crippen LogP contribution in [0.2, 0.25) is 0 Å². The van der Waals surface area contributed by atoms with Crippen LogP contribution in [0, 0.1) is 0 Å². The molecule has 2 atom stereocenters. The summed E-state index contributed by atoms with van der Waals surface area (Å²) in [4.78, 5) is 12.5. The molecule has 1 heterocycles. The number of phenols is 2. The molecule has 1 aromatic heterocycles. The van der Waals surface area contributed by atoms with Crippen LogP contribution in [0.1, 0.15) is 18.4 Å². The molecule has 0 aliphatic heterocycles. The first-order chi connectivity index (χ1) is 9.99. The van der Waals surface area contributed by atoms with E-state index in [1.807, 2.05) is 0 Å². The lowest BCUT2D eigenvalue weighted by Crippen LogP contribution is -2.31. The Labute approximate surface area is 119 Å². The van der Waals surface area contributed by atoms with E-state index in [1.165, 1.54) is 6.07 Å². The van der Waals surface area contributed by atoms with Gasteiger partial charge in [-0.1, -0.05) is 6.08 Å². The molecule has 0 saturated heterocycles. The number of hydrogen-bond donors (Lipinski definition) is 4. The zero-order chi connectivity index (χ0) is 15.1. The summed E-state index contributed by atoms with van der Waals surface area (Å²) < 4.78 is 5.27. The van der Waals surface area contributed by atoms with Gasteiger partial charge >= 0.3 is 0 Å². The monoisotopic (exact) mass is 290 g/mol. The lowest BCUT2D eigenvalue weighted by atomic mass is 9.89. The summed E-state index contributed by atoms with van der Waals surface area (Å²) in [6.07, 6.45) is 1.69. The number of hydrogen-bond acceptors (Lipinski definition) is 6. The normalized spacial score (nSPS) is 22.3. The highest BCUT2D eigenvalue weighted by Gasteiger charge is 2.27. The van der Waals surface area contributed by atoms with Crippen molar-refractivity contribution >= 4 is 16.5 Å². The SMILES string of the molecule is O=c1c(C2=CCC[C@H](O)[C@H]2O)coc2cc(O)cc(O)c12. The van der Waals surface area contributed by atoms with Crippen molar-refractivity contribution in [3.63, 3.8) is 0 Å². The topological polar surface area (TPSA) is 111 Å². The van der Waals surface area contributed by atoms with Crippen molar-refractivity contribution in [2.75, 3.05) is 0 Å². The van der Waals surface area contributed by atoms with Crippen LogP contribution >= 0.6 is 0 Å². The molecule has 110 valence electrons. The average Bonchev–Trinajstić information content (AvgIpc) is 2.42. The lowest BCUT2D eigenvalue weighted by Gasteiger charge is -2.24.